The summed E-state index contributed by atoms with van der Waals surface area (Å²) in [5, 5.41) is 5.29. The molecular formula is C25H24N4O3S. The number of benzene rings is 3. The number of nitrogens with zero attached hydrogens (tertiary/aromatic N) is 3. The highest BCUT2D eigenvalue weighted by molar-refractivity contribution is 7.89. The van der Waals surface area contributed by atoms with Crippen LogP contribution in [0.5, 0.6) is 0 Å². The summed E-state index contributed by atoms with van der Waals surface area (Å²) in [7, 11) is -3.51. The third-order valence-corrected chi connectivity index (χ3v) is 8.15. The van der Waals surface area contributed by atoms with E-state index in [0.717, 1.165) is 16.6 Å². The van der Waals surface area contributed by atoms with E-state index in [-0.39, 0.29) is 6.04 Å². The molecule has 1 aliphatic rings. The minimum Gasteiger partial charge on any atom is -0.366 e. The smallest absolute Gasteiger partial charge is 0.249 e. The van der Waals surface area contributed by atoms with Crippen LogP contribution in [0.1, 0.15) is 29.2 Å². The van der Waals surface area contributed by atoms with E-state index in [1.807, 2.05) is 41.1 Å². The van der Waals surface area contributed by atoms with E-state index < -0.39 is 15.9 Å². The monoisotopic (exact) mass is 460 g/mol. The molecule has 8 heteroatoms. The third kappa shape index (κ3) is 3.92. The number of fused-ring (bicyclic) bond motifs is 1. The second-order valence-electron chi connectivity index (χ2n) is 8.22. The Hall–Kier alpha value is -3.49. The molecule has 0 saturated carbocycles. The van der Waals surface area contributed by atoms with Crippen molar-refractivity contribution in [3.8, 4) is 11.1 Å². The van der Waals surface area contributed by atoms with Gasteiger partial charge >= 0.3 is 0 Å². The highest BCUT2D eigenvalue weighted by Crippen LogP contribution is 2.33. The average Bonchev–Trinajstić information content (AvgIpc) is 3.28. The standard InChI is InChI=1S/C25H24N4O3S/c26-25(30)22-15-19(18-7-3-1-4-8-18)16-24-23(22)17-27-29(24)20-11-13-28(14-12-20)33(31,32)21-9-5-2-6-10-21/h1-10,15-17,20H,11-14H2,(H2,26,30). The fourth-order valence-electron chi connectivity index (χ4n) is 4.51. The molecule has 7 nitrogen and oxygen atoms in total. The number of sulfonamides is 1. The van der Waals surface area contributed by atoms with Gasteiger partial charge in [0.05, 0.1) is 28.2 Å². The lowest BCUT2D eigenvalue weighted by molar-refractivity contribution is 0.100. The van der Waals surface area contributed by atoms with Crippen molar-refractivity contribution in [3.05, 3.63) is 84.6 Å². The number of primary amides is 1. The van der Waals surface area contributed by atoms with Crippen molar-refractivity contribution < 1.29 is 13.2 Å². The molecule has 168 valence electrons. The summed E-state index contributed by atoms with van der Waals surface area (Å²) in [6.45, 7) is 0.814. The van der Waals surface area contributed by atoms with E-state index in [0.29, 0.717) is 41.8 Å². The molecule has 1 aromatic heterocycles. The average molecular weight is 461 g/mol. The van der Waals surface area contributed by atoms with Crippen molar-refractivity contribution in [2.45, 2.75) is 23.8 Å². The van der Waals surface area contributed by atoms with Crippen LogP contribution >= 0.6 is 0 Å². The highest BCUT2D eigenvalue weighted by Gasteiger charge is 2.31. The van der Waals surface area contributed by atoms with Crippen molar-refractivity contribution in [3.63, 3.8) is 0 Å². The van der Waals surface area contributed by atoms with Crippen molar-refractivity contribution in [2.24, 2.45) is 5.73 Å². The van der Waals surface area contributed by atoms with Crippen molar-refractivity contribution >= 4 is 26.8 Å². The van der Waals surface area contributed by atoms with Gasteiger partial charge in [0.25, 0.3) is 0 Å². The first-order valence-electron chi connectivity index (χ1n) is 10.9. The van der Waals surface area contributed by atoms with Gasteiger partial charge in [-0.1, -0.05) is 48.5 Å². The lowest BCUT2D eigenvalue weighted by Gasteiger charge is -2.31. The van der Waals surface area contributed by atoms with Crippen LogP contribution in [-0.4, -0.2) is 41.5 Å². The molecule has 33 heavy (non-hydrogen) atoms. The van der Waals surface area contributed by atoms with E-state index in [2.05, 4.69) is 5.10 Å². The molecule has 0 aliphatic carbocycles. The predicted molar refractivity (Wildman–Crippen MR) is 127 cm³/mol. The number of hydrogen-bond donors (Lipinski definition) is 1. The molecule has 2 N–H and O–H groups in total. The zero-order chi connectivity index (χ0) is 23.0. The van der Waals surface area contributed by atoms with E-state index in [1.165, 1.54) is 4.31 Å². The van der Waals surface area contributed by atoms with Gasteiger partial charge in [0.15, 0.2) is 0 Å². The molecule has 0 unspecified atom stereocenters. The molecule has 3 aromatic carbocycles. The van der Waals surface area contributed by atoms with Crippen LogP contribution in [0.15, 0.2) is 83.9 Å². The number of aromatic nitrogens is 2. The third-order valence-electron chi connectivity index (χ3n) is 6.24. The SMILES string of the molecule is NC(=O)c1cc(-c2ccccc2)cc2c1cnn2C1CCN(S(=O)(=O)c2ccccc2)CC1. The fraction of sp³-hybridized carbons (Fsp3) is 0.200. The zero-order valence-corrected chi connectivity index (χ0v) is 18.8. The number of hydrogen-bond acceptors (Lipinski definition) is 4. The van der Waals surface area contributed by atoms with Gasteiger partial charge in [-0.2, -0.15) is 9.40 Å². The highest BCUT2D eigenvalue weighted by atomic mass is 32.2. The molecule has 0 spiro atoms. The van der Waals surface area contributed by atoms with Gasteiger partial charge in [-0.25, -0.2) is 8.42 Å². The molecule has 0 atom stereocenters. The Bertz CT molecular complexity index is 1410. The molecule has 2 heterocycles. The molecule has 0 bridgehead atoms. The quantitative estimate of drug-likeness (QED) is 0.489. The summed E-state index contributed by atoms with van der Waals surface area (Å²) in [6.07, 6.45) is 2.94. The summed E-state index contributed by atoms with van der Waals surface area (Å²) in [5.41, 5.74) is 8.82. The number of carbonyl (C=O) groups is 1. The van der Waals surface area contributed by atoms with Crippen LogP contribution in [0.4, 0.5) is 0 Å². The number of amides is 1. The first-order valence-corrected chi connectivity index (χ1v) is 12.3. The number of carbonyl (C=O) groups excluding carboxylic acids is 1. The number of nitrogens with two attached hydrogens (primary N) is 1. The minimum absolute atomic E-state index is 0.0245. The van der Waals surface area contributed by atoms with Crippen molar-refractivity contribution in [2.75, 3.05) is 13.1 Å². The predicted octanol–water partition coefficient (Wildman–Crippen LogP) is 3.83. The summed E-state index contributed by atoms with van der Waals surface area (Å²) >= 11 is 0. The molecule has 1 fully saturated rings. The molecule has 4 aromatic rings. The maximum atomic E-state index is 13.0. The van der Waals surface area contributed by atoms with E-state index >= 15 is 0 Å². The first kappa shape index (κ1) is 21.4. The van der Waals surface area contributed by atoms with Gasteiger partial charge in [-0.05, 0) is 48.2 Å². The van der Waals surface area contributed by atoms with Gasteiger partial charge < -0.3 is 5.73 Å². The van der Waals surface area contributed by atoms with Gasteiger partial charge in [-0.15, -0.1) is 0 Å². The lowest BCUT2D eigenvalue weighted by atomic mass is 9.99. The van der Waals surface area contributed by atoms with Gasteiger partial charge in [0.1, 0.15) is 0 Å². The lowest BCUT2D eigenvalue weighted by Crippen LogP contribution is -2.39. The topological polar surface area (TPSA) is 98.3 Å². The second kappa shape index (κ2) is 8.46. The summed E-state index contributed by atoms with van der Waals surface area (Å²) < 4.78 is 29.4. The Kier molecular flexibility index (Phi) is 5.47. The van der Waals surface area contributed by atoms with Crippen molar-refractivity contribution in [1.82, 2.24) is 14.1 Å². The Morgan fingerprint density at radius 2 is 1.55 bits per heavy atom. The van der Waals surface area contributed by atoms with Crippen LogP contribution in [0.3, 0.4) is 0 Å². The Morgan fingerprint density at radius 1 is 0.909 bits per heavy atom. The summed E-state index contributed by atoms with van der Waals surface area (Å²) in [5.74, 6) is -0.499. The van der Waals surface area contributed by atoms with Crippen molar-refractivity contribution in [1.29, 1.82) is 0 Å². The van der Waals surface area contributed by atoms with E-state index in [1.54, 1.807) is 42.6 Å². The Balaban J connectivity index is 1.46. The maximum absolute atomic E-state index is 13.0. The molecule has 1 saturated heterocycles. The molecular weight excluding hydrogens is 436 g/mol. The first-order chi connectivity index (χ1) is 15.9. The number of rotatable bonds is 5. The minimum atomic E-state index is -3.51. The molecule has 0 radical (unpaired) electrons. The van der Waals surface area contributed by atoms with Crippen LogP contribution < -0.4 is 5.73 Å². The van der Waals surface area contributed by atoms with Gasteiger partial charge in [0.2, 0.25) is 15.9 Å². The Labute approximate surface area is 192 Å². The summed E-state index contributed by atoms with van der Waals surface area (Å²) in [4.78, 5) is 12.5. The maximum Gasteiger partial charge on any atom is 0.249 e. The van der Waals surface area contributed by atoms with Crippen LogP contribution in [0.2, 0.25) is 0 Å². The van der Waals surface area contributed by atoms with Crippen LogP contribution in [0.25, 0.3) is 22.0 Å². The van der Waals surface area contributed by atoms with E-state index in [9.17, 15) is 13.2 Å². The van der Waals surface area contributed by atoms with Crippen LogP contribution in [0, 0.1) is 0 Å². The van der Waals surface area contributed by atoms with Crippen LogP contribution in [-0.2, 0) is 10.0 Å². The number of piperidine rings is 1. The summed E-state index contributed by atoms with van der Waals surface area (Å²) in [6, 6.07) is 22.2. The van der Waals surface area contributed by atoms with E-state index in [4.69, 9.17) is 5.73 Å². The molecule has 1 amide bonds. The van der Waals surface area contributed by atoms with Gasteiger partial charge in [0, 0.05) is 18.5 Å². The molecule has 5 rings (SSSR count). The fourth-order valence-corrected chi connectivity index (χ4v) is 6.00. The largest absolute Gasteiger partial charge is 0.366 e. The zero-order valence-electron chi connectivity index (χ0n) is 18.0. The second-order valence-corrected chi connectivity index (χ2v) is 10.2. The molecule has 1 aliphatic heterocycles. The Morgan fingerprint density at radius 3 is 2.18 bits per heavy atom. The van der Waals surface area contributed by atoms with Gasteiger partial charge in [-0.3, -0.25) is 9.48 Å². The normalized spacial score (nSPS) is 15.6.